The van der Waals surface area contributed by atoms with Crippen LogP contribution in [0.25, 0.3) is 0 Å². The Labute approximate surface area is 221 Å². The quantitative estimate of drug-likeness (QED) is 0.278. The van der Waals surface area contributed by atoms with Crippen LogP contribution in [0.15, 0.2) is 24.3 Å². The zero-order valence-electron chi connectivity index (χ0n) is 21.7. The van der Waals surface area contributed by atoms with E-state index in [2.05, 4.69) is 4.90 Å². The van der Waals surface area contributed by atoms with Gasteiger partial charge in [-0.2, -0.15) is 0 Å². The van der Waals surface area contributed by atoms with Gasteiger partial charge in [0.2, 0.25) is 0 Å². The molecule has 0 radical (unpaired) electrons. The fraction of sp³-hybridized carbons (Fsp3) is 0.600. The summed E-state index contributed by atoms with van der Waals surface area (Å²) in [6.07, 6.45) is -0.622. The Morgan fingerprint density at radius 1 is 0.737 bits per heavy atom. The zero-order chi connectivity index (χ0) is 28.1. The summed E-state index contributed by atoms with van der Waals surface area (Å²) in [6, 6.07) is 6.36. The van der Waals surface area contributed by atoms with Crippen molar-refractivity contribution in [1.82, 2.24) is 19.6 Å². The van der Waals surface area contributed by atoms with Gasteiger partial charge in [-0.15, -0.1) is 0 Å². The Kier molecular flexibility index (Phi) is 12.9. The van der Waals surface area contributed by atoms with Crippen LogP contribution in [0, 0.1) is 0 Å². The summed E-state index contributed by atoms with van der Waals surface area (Å²) in [5.74, 6) is -3.84. The monoisotopic (exact) mass is 538 g/mol. The molecule has 13 nitrogen and oxygen atoms in total. The molecule has 1 aromatic carbocycles. The van der Waals surface area contributed by atoms with Crippen molar-refractivity contribution in [2.45, 2.75) is 25.9 Å². The van der Waals surface area contributed by atoms with Crippen molar-refractivity contribution >= 4 is 23.9 Å². The summed E-state index contributed by atoms with van der Waals surface area (Å²) >= 11 is 0. The second-order valence-corrected chi connectivity index (χ2v) is 9.18. The van der Waals surface area contributed by atoms with Crippen LogP contribution in [-0.2, 0) is 25.7 Å². The second-order valence-electron chi connectivity index (χ2n) is 9.18. The first-order valence-corrected chi connectivity index (χ1v) is 12.6. The van der Waals surface area contributed by atoms with E-state index in [1.54, 1.807) is 9.80 Å². The van der Waals surface area contributed by atoms with Gasteiger partial charge >= 0.3 is 23.9 Å². The Bertz CT molecular complexity index is 896. The molecule has 0 saturated carbocycles. The molecule has 0 spiro atoms. The minimum Gasteiger partial charge on any atom is -0.494 e. The van der Waals surface area contributed by atoms with E-state index in [-0.39, 0.29) is 39.3 Å². The first kappa shape index (κ1) is 31.0. The molecule has 38 heavy (non-hydrogen) atoms. The molecule has 1 atom stereocenters. The number of hydrogen-bond acceptors (Lipinski definition) is 9. The molecular weight excluding hydrogens is 500 g/mol. The number of carbonyl (C=O) groups is 4. The molecule has 1 heterocycles. The third kappa shape index (κ3) is 11.4. The molecular formula is C25H38N4O9. The van der Waals surface area contributed by atoms with Crippen molar-refractivity contribution < 1.29 is 44.3 Å². The first-order valence-electron chi connectivity index (χ1n) is 12.6. The summed E-state index contributed by atoms with van der Waals surface area (Å²) in [7, 11) is 0. The Morgan fingerprint density at radius 2 is 1.21 bits per heavy atom. The number of rotatable bonds is 12. The maximum Gasteiger partial charge on any atom is 0.321 e. The molecule has 4 N–H and O–H groups in total. The smallest absolute Gasteiger partial charge is 0.321 e. The lowest BCUT2D eigenvalue weighted by Gasteiger charge is -2.35. The van der Waals surface area contributed by atoms with Gasteiger partial charge < -0.3 is 25.2 Å². The standard InChI is InChI=1S/C25H38N4O9/c1-2-38-20-5-3-19(4-6-20)16-26-7-9-27(17-23(32)33)11-13-29(21(25(36)37)15-22(30)31)14-12-28(10-8-26)18-24(34)35/h3-6,21H,2,7-18H2,1H3,(H,30,31)(H,32,33)(H,34,35)(H,36,37). The lowest BCUT2D eigenvalue weighted by molar-refractivity contribution is -0.150. The lowest BCUT2D eigenvalue weighted by Crippen LogP contribution is -2.51. The number of nitrogens with zero attached hydrogens (tertiary/aromatic N) is 4. The Hall–Kier alpha value is -3.26. The number of carboxylic acids is 4. The SMILES string of the molecule is CCOc1ccc(CN2CCN(CC(=O)O)CCN(C(CC(=O)O)C(=O)O)CCN(CC(=O)O)CC2)cc1. The fourth-order valence-electron chi connectivity index (χ4n) is 4.38. The minimum atomic E-state index is -1.31. The predicted molar refractivity (Wildman–Crippen MR) is 136 cm³/mol. The molecule has 0 amide bonds. The zero-order valence-corrected chi connectivity index (χ0v) is 21.7. The van der Waals surface area contributed by atoms with Crippen LogP contribution >= 0.6 is 0 Å². The van der Waals surface area contributed by atoms with Gasteiger partial charge in [-0.05, 0) is 24.6 Å². The van der Waals surface area contributed by atoms with Crippen LogP contribution < -0.4 is 4.74 Å². The van der Waals surface area contributed by atoms with E-state index in [0.717, 1.165) is 11.3 Å². The summed E-state index contributed by atoms with van der Waals surface area (Å²) in [5, 5.41) is 37.7. The fourth-order valence-corrected chi connectivity index (χ4v) is 4.38. The minimum absolute atomic E-state index is 0.122. The van der Waals surface area contributed by atoms with E-state index in [1.807, 2.05) is 31.2 Å². The van der Waals surface area contributed by atoms with Gasteiger partial charge in [-0.3, -0.25) is 38.8 Å². The van der Waals surface area contributed by atoms with Crippen LogP contribution in [0.2, 0.25) is 0 Å². The molecule has 1 aromatic rings. The average Bonchev–Trinajstić information content (AvgIpc) is 2.83. The third-order valence-corrected chi connectivity index (χ3v) is 6.32. The van der Waals surface area contributed by atoms with Crippen LogP contribution in [0.1, 0.15) is 18.9 Å². The van der Waals surface area contributed by atoms with Gasteiger partial charge in [0.05, 0.1) is 26.1 Å². The number of carboxylic acid groups (broad SMARTS) is 4. The van der Waals surface area contributed by atoms with E-state index in [1.165, 1.54) is 4.90 Å². The molecule has 1 unspecified atom stereocenters. The van der Waals surface area contributed by atoms with Gasteiger partial charge in [0.15, 0.2) is 0 Å². The highest BCUT2D eigenvalue weighted by atomic mass is 16.5. The summed E-state index contributed by atoms with van der Waals surface area (Å²) < 4.78 is 5.50. The molecule has 0 aromatic heterocycles. The maximum absolute atomic E-state index is 11.9. The highest BCUT2D eigenvalue weighted by Gasteiger charge is 2.29. The van der Waals surface area contributed by atoms with Crippen molar-refractivity contribution in [1.29, 1.82) is 0 Å². The van der Waals surface area contributed by atoms with E-state index < -0.39 is 36.3 Å². The van der Waals surface area contributed by atoms with Crippen LogP contribution in [0.3, 0.4) is 0 Å². The Balaban J connectivity index is 2.24. The van der Waals surface area contributed by atoms with Crippen molar-refractivity contribution in [3.63, 3.8) is 0 Å². The molecule has 1 aliphatic rings. The molecule has 1 aliphatic heterocycles. The first-order chi connectivity index (χ1) is 18.1. The highest BCUT2D eigenvalue weighted by molar-refractivity contribution is 5.80. The average molecular weight is 539 g/mol. The van der Waals surface area contributed by atoms with Gasteiger partial charge in [0, 0.05) is 58.9 Å². The number of ether oxygens (including phenoxy) is 1. The summed E-state index contributed by atoms with van der Waals surface area (Å²) in [6.45, 7) is 4.98. The predicted octanol–water partition coefficient (Wildman–Crippen LogP) is -0.0960. The topological polar surface area (TPSA) is 171 Å². The van der Waals surface area contributed by atoms with E-state index in [4.69, 9.17) is 4.74 Å². The van der Waals surface area contributed by atoms with Crippen molar-refractivity contribution in [3.05, 3.63) is 29.8 Å². The van der Waals surface area contributed by atoms with Crippen molar-refractivity contribution in [2.75, 3.05) is 72.1 Å². The molecule has 13 heteroatoms. The normalized spacial score (nSPS) is 18.1. The molecule has 1 fully saturated rings. The van der Waals surface area contributed by atoms with Gasteiger partial charge in [0.25, 0.3) is 0 Å². The van der Waals surface area contributed by atoms with Gasteiger partial charge in [-0.1, -0.05) is 12.1 Å². The number of hydrogen-bond donors (Lipinski definition) is 4. The van der Waals surface area contributed by atoms with E-state index in [0.29, 0.717) is 39.3 Å². The highest BCUT2D eigenvalue weighted by Crippen LogP contribution is 2.14. The third-order valence-electron chi connectivity index (χ3n) is 6.32. The van der Waals surface area contributed by atoms with Gasteiger partial charge in [-0.25, -0.2) is 0 Å². The van der Waals surface area contributed by atoms with Gasteiger partial charge in [0.1, 0.15) is 11.8 Å². The van der Waals surface area contributed by atoms with Crippen LogP contribution in [0.5, 0.6) is 5.75 Å². The van der Waals surface area contributed by atoms with Crippen LogP contribution in [0.4, 0.5) is 0 Å². The van der Waals surface area contributed by atoms with Crippen molar-refractivity contribution in [3.8, 4) is 5.75 Å². The molecule has 212 valence electrons. The molecule has 0 bridgehead atoms. The number of aliphatic carboxylic acids is 4. The van der Waals surface area contributed by atoms with Crippen LogP contribution in [-0.4, -0.2) is 142 Å². The second kappa shape index (κ2) is 15.9. The summed E-state index contributed by atoms with van der Waals surface area (Å²) in [4.78, 5) is 53.2. The molecule has 1 saturated heterocycles. The number of benzene rings is 1. The largest absolute Gasteiger partial charge is 0.494 e. The van der Waals surface area contributed by atoms with Crippen molar-refractivity contribution in [2.24, 2.45) is 0 Å². The van der Waals surface area contributed by atoms with E-state index in [9.17, 15) is 39.6 Å². The maximum atomic E-state index is 11.9. The Morgan fingerprint density at radius 3 is 1.63 bits per heavy atom. The molecule has 2 rings (SSSR count). The molecule has 0 aliphatic carbocycles. The summed E-state index contributed by atoms with van der Waals surface area (Å²) in [5.41, 5.74) is 1.03. The lowest BCUT2D eigenvalue weighted by atomic mass is 10.1. The van der Waals surface area contributed by atoms with E-state index >= 15 is 0 Å².